The number of rotatable bonds is 8. The molecule has 1 aliphatic rings. The second-order valence-electron chi connectivity index (χ2n) is 5.93. The van der Waals surface area contributed by atoms with Gasteiger partial charge in [-0.05, 0) is 56.6 Å². The average molecular weight is 290 g/mol. The minimum absolute atomic E-state index is 0.941. The number of benzene rings is 1. The molecule has 0 unspecified atom stereocenters. The zero-order chi connectivity index (χ0) is 14.9. The molecule has 3 nitrogen and oxygen atoms in total. The molecule has 0 radical (unpaired) electrons. The van der Waals surface area contributed by atoms with Gasteiger partial charge < -0.3 is 14.5 Å². The van der Waals surface area contributed by atoms with Crippen molar-refractivity contribution in [3.63, 3.8) is 0 Å². The molecule has 0 atom stereocenters. The average Bonchev–Trinajstić information content (AvgIpc) is 2.56. The van der Waals surface area contributed by atoms with Crippen LogP contribution in [0.2, 0.25) is 0 Å². The SMILES string of the molecule is CCN(CCc1ccc(OC)cc1)CCN1CCCCC1. The molecule has 0 spiro atoms. The number of ether oxygens (including phenoxy) is 1. The summed E-state index contributed by atoms with van der Waals surface area (Å²) in [6.45, 7) is 9.60. The van der Waals surface area contributed by atoms with E-state index in [1.807, 2.05) is 0 Å². The summed E-state index contributed by atoms with van der Waals surface area (Å²) in [6.07, 6.45) is 5.32. The summed E-state index contributed by atoms with van der Waals surface area (Å²) in [6, 6.07) is 8.47. The lowest BCUT2D eigenvalue weighted by Gasteiger charge is -2.29. The minimum Gasteiger partial charge on any atom is -0.497 e. The lowest BCUT2D eigenvalue weighted by Crippen LogP contribution is -2.38. The van der Waals surface area contributed by atoms with Crippen molar-refractivity contribution < 1.29 is 4.74 Å². The normalized spacial score (nSPS) is 16.3. The first kappa shape index (κ1) is 16.3. The predicted molar refractivity (Wildman–Crippen MR) is 89.1 cm³/mol. The number of hydrogen-bond acceptors (Lipinski definition) is 3. The molecular formula is C18H30N2O. The molecule has 0 bridgehead atoms. The zero-order valence-corrected chi connectivity index (χ0v) is 13.7. The number of likely N-dealkylation sites (tertiary alicyclic amines) is 1. The fourth-order valence-electron chi connectivity index (χ4n) is 2.97. The highest BCUT2D eigenvalue weighted by Gasteiger charge is 2.11. The quantitative estimate of drug-likeness (QED) is 0.732. The van der Waals surface area contributed by atoms with Crippen molar-refractivity contribution in [1.82, 2.24) is 9.80 Å². The molecule has 2 rings (SSSR count). The second kappa shape index (κ2) is 9.06. The van der Waals surface area contributed by atoms with Crippen molar-refractivity contribution in [3.05, 3.63) is 29.8 Å². The molecule has 3 heteroatoms. The van der Waals surface area contributed by atoms with Gasteiger partial charge in [0.15, 0.2) is 0 Å². The molecule has 1 saturated heterocycles. The Kier molecular flexibility index (Phi) is 7.04. The molecule has 0 aliphatic carbocycles. The highest BCUT2D eigenvalue weighted by molar-refractivity contribution is 5.27. The van der Waals surface area contributed by atoms with Crippen LogP contribution >= 0.6 is 0 Å². The van der Waals surface area contributed by atoms with Gasteiger partial charge in [-0.3, -0.25) is 0 Å². The van der Waals surface area contributed by atoms with E-state index < -0.39 is 0 Å². The van der Waals surface area contributed by atoms with Crippen LogP contribution < -0.4 is 4.74 Å². The van der Waals surface area contributed by atoms with Crippen LogP contribution in [0.25, 0.3) is 0 Å². The van der Waals surface area contributed by atoms with Crippen LogP contribution in [-0.2, 0) is 6.42 Å². The van der Waals surface area contributed by atoms with Gasteiger partial charge in [0.1, 0.15) is 5.75 Å². The van der Waals surface area contributed by atoms with E-state index in [1.54, 1.807) is 7.11 Å². The summed E-state index contributed by atoms with van der Waals surface area (Å²) in [5.41, 5.74) is 1.40. The number of methoxy groups -OCH3 is 1. The first-order chi connectivity index (χ1) is 10.3. The summed E-state index contributed by atoms with van der Waals surface area (Å²) in [4.78, 5) is 5.19. The van der Waals surface area contributed by atoms with E-state index in [2.05, 4.69) is 41.0 Å². The van der Waals surface area contributed by atoms with Crippen molar-refractivity contribution in [2.75, 3.05) is 46.4 Å². The van der Waals surface area contributed by atoms with E-state index in [0.717, 1.165) is 25.3 Å². The molecular weight excluding hydrogens is 260 g/mol. The third-order valence-electron chi connectivity index (χ3n) is 4.50. The Morgan fingerprint density at radius 1 is 1.05 bits per heavy atom. The molecule has 1 aliphatic heterocycles. The predicted octanol–water partition coefficient (Wildman–Crippen LogP) is 3.05. The number of piperidine rings is 1. The minimum atomic E-state index is 0.941. The maximum absolute atomic E-state index is 5.21. The third kappa shape index (κ3) is 5.68. The van der Waals surface area contributed by atoms with E-state index in [9.17, 15) is 0 Å². The second-order valence-corrected chi connectivity index (χ2v) is 5.93. The van der Waals surface area contributed by atoms with Crippen molar-refractivity contribution >= 4 is 0 Å². The highest BCUT2D eigenvalue weighted by Crippen LogP contribution is 2.12. The maximum Gasteiger partial charge on any atom is 0.118 e. The van der Waals surface area contributed by atoms with Crippen LogP contribution in [0.15, 0.2) is 24.3 Å². The Labute approximate surface area is 129 Å². The first-order valence-corrected chi connectivity index (χ1v) is 8.39. The summed E-state index contributed by atoms with van der Waals surface area (Å²) < 4.78 is 5.21. The molecule has 1 heterocycles. The van der Waals surface area contributed by atoms with Gasteiger partial charge in [-0.1, -0.05) is 25.5 Å². The van der Waals surface area contributed by atoms with E-state index in [-0.39, 0.29) is 0 Å². The van der Waals surface area contributed by atoms with E-state index in [0.29, 0.717) is 0 Å². The Morgan fingerprint density at radius 2 is 1.76 bits per heavy atom. The van der Waals surface area contributed by atoms with Gasteiger partial charge in [-0.25, -0.2) is 0 Å². The number of hydrogen-bond donors (Lipinski definition) is 0. The van der Waals surface area contributed by atoms with Crippen LogP contribution in [0, 0.1) is 0 Å². The lowest BCUT2D eigenvalue weighted by molar-refractivity contribution is 0.186. The molecule has 118 valence electrons. The summed E-state index contributed by atoms with van der Waals surface area (Å²) in [7, 11) is 1.72. The van der Waals surface area contributed by atoms with Gasteiger partial charge in [-0.15, -0.1) is 0 Å². The molecule has 1 aromatic carbocycles. The number of nitrogens with zero attached hydrogens (tertiary/aromatic N) is 2. The molecule has 0 saturated carbocycles. The smallest absolute Gasteiger partial charge is 0.118 e. The monoisotopic (exact) mass is 290 g/mol. The Hall–Kier alpha value is -1.06. The van der Waals surface area contributed by atoms with Crippen molar-refractivity contribution in [2.45, 2.75) is 32.6 Å². The van der Waals surface area contributed by atoms with Crippen molar-refractivity contribution in [3.8, 4) is 5.75 Å². The van der Waals surface area contributed by atoms with Gasteiger partial charge in [0, 0.05) is 19.6 Å². The van der Waals surface area contributed by atoms with Gasteiger partial charge in [0.25, 0.3) is 0 Å². The standard InChI is InChI=1S/C18H30N2O/c1-3-19(15-16-20-12-5-4-6-13-20)14-11-17-7-9-18(21-2)10-8-17/h7-10H,3-6,11-16H2,1-2H3. The van der Waals surface area contributed by atoms with E-state index in [4.69, 9.17) is 4.74 Å². The largest absolute Gasteiger partial charge is 0.497 e. The van der Waals surface area contributed by atoms with Crippen LogP contribution in [0.3, 0.4) is 0 Å². The molecule has 1 fully saturated rings. The van der Waals surface area contributed by atoms with Gasteiger partial charge in [0.2, 0.25) is 0 Å². The van der Waals surface area contributed by atoms with Gasteiger partial charge >= 0.3 is 0 Å². The van der Waals surface area contributed by atoms with Crippen molar-refractivity contribution in [1.29, 1.82) is 0 Å². The van der Waals surface area contributed by atoms with Crippen LogP contribution in [0.5, 0.6) is 5.75 Å². The maximum atomic E-state index is 5.21. The zero-order valence-electron chi connectivity index (χ0n) is 13.7. The molecule has 21 heavy (non-hydrogen) atoms. The Bertz CT molecular complexity index is 385. The lowest BCUT2D eigenvalue weighted by atomic mass is 10.1. The van der Waals surface area contributed by atoms with Gasteiger partial charge in [0.05, 0.1) is 7.11 Å². The molecule has 1 aromatic rings. The third-order valence-corrected chi connectivity index (χ3v) is 4.50. The highest BCUT2D eigenvalue weighted by atomic mass is 16.5. The summed E-state index contributed by atoms with van der Waals surface area (Å²) >= 11 is 0. The van der Waals surface area contributed by atoms with Crippen LogP contribution in [0.4, 0.5) is 0 Å². The number of likely N-dealkylation sites (N-methyl/N-ethyl adjacent to an activating group) is 1. The van der Waals surface area contributed by atoms with E-state index in [1.165, 1.54) is 51.0 Å². The topological polar surface area (TPSA) is 15.7 Å². The molecule has 0 aromatic heterocycles. The molecule has 0 amide bonds. The van der Waals surface area contributed by atoms with E-state index >= 15 is 0 Å². The van der Waals surface area contributed by atoms with Gasteiger partial charge in [-0.2, -0.15) is 0 Å². The van der Waals surface area contributed by atoms with Crippen molar-refractivity contribution in [2.24, 2.45) is 0 Å². The first-order valence-electron chi connectivity index (χ1n) is 8.39. The fourth-order valence-corrected chi connectivity index (χ4v) is 2.97. The Balaban J connectivity index is 1.70. The Morgan fingerprint density at radius 3 is 2.38 bits per heavy atom. The molecule has 0 N–H and O–H groups in total. The fraction of sp³-hybridized carbons (Fsp3) is 0.667. The van der Waals surface area contributed by atoms with Crippen LogP contribution in [-0.4, -0.2) is 56.2 Å². The summed E-state index contributed by atoms with van der Waals surface area (Å²) in [5.74, 6) is 0.941. The summed E-state index contributed by atoms with van der Waals surface area (Å²) in [5, 5.41) is 0. The van der Waals surface area contributed by atoms with Crippen LogP contribution in [0.1, 0.15) is 31.7 Å².